The SMILES string of the molecule is CC1=NO[C@@H](c2cccc([N+](=O)[O-])c2)[C@H]1C(=O)Nc1nccs1. The molecule has 1 aromatic heterocycles. The third-order valence-corrected chi connectivity index (χ3v) is 4.11. The summed E-state index contributed by atoms with van der Waals surface area (Å²) < 4.78 is 0. The van der Waals surface area contributed by atoms with Gasteiger partial charge in [0.15, 0.2) is 11.2 Å². The molecule has 118 valence electrons. The molecule has 0 saturated carbocycles. The fraction of sp³-hybridized carbons (Fsp3) is 0.214. The number of carbonyl (C=O) groups excluding carboxylic acids is 1. The number of nitro benzene ring substituents is 1. The Morgan fingerprint density at radius 1 is 1.48 bits per heavy atom. The predicted molar refractivity (Wildman–Crippen MR) is 84.3 cm³/mol. The highest BCUT2D eigenvalue weighted by molar-refractivity contribution is 7.13. The van der Waals surface area contributed by atoms with Gasteiger partial charge in [0.1, 0.15) is 5.92 Å². The van der Waals surface area contributed by atoms with E-state index >= 15 is 0 Å². The predicted octanol–water partition coefficient (Wildman–Crippen LogP) is 2.75. The van der Waals surface area contributed by atoms with Gasteiger partial charge in [0, 0.05) is 29.3 Å². The Hall–Kier alpha value is -2.81. The van der Waals surface area contributed by atoms with E-state index in [2.05, 4.69) is 15.5 Å². The van der Waals surface area contributed by atoms with E-state index < -0.39 is 16.9 Å². The van der Waals surface area contributed by atoms with Gasteiger partial charge in [0.25, 0.3) is 5.69 Å². The zero-order chi connectivity index (χ0) is 16.4. The van der Waals surface area contributed by atoms with E-state index in [1.165, 1.54) is 23.5 Å². The maximum atomic E-state index is 12.5. The molecule has 0 unspecified atom stereocenters. The van der Waals surface area contributed by atoms with Crippen molar-refractivity contribution in [2.24, 2.45) is 11.1 Å². The summed E-state index contributed by atoms with van der Waals surface area (Å²) >= 11 is 1.30. The topological polar surface area (TPSA) is 107 Å². The lowest BCUT2D eigenvalue weighted by Gasteiger charge is -2.17. The summed E-state index contributed by atoms with van der Waals surface area (Å²) in [7, 11) is 0. The molecule has 2 aromatic rings. The van der Waals surface area contributed by atoms with Gasteiger partial charge < -0.3 is 10.2 Å². The number of hydrogen-bond donors (Lipinski definition) is 1. The molecular weight excluding hydrogens is 320 g/mol. The van der Waals surface area contributed by atoms with Crippen molar-refractivity contribution in [3.63, 3.8) is 0 Å². The molecule has 1 N–H and O–H groups in total. The monoisotopic (exact) mass is 332 g/mol. The second kappa shape index (κ2) is 6.13. The lowest BCUT2D eigenvalue weighted by molar-refractivity contribution is -0.385. The molecule has 0 fully saturated rings. The van der Waals surface area contributed by atoms with Crippen molar-refractivity contribution in [3.05, 3.63) is 51.5 Å². The van der Waals surface area contributed by atoms with Crippen LogP contribution >= 0.6 is 11.3 Å². The van der Waals surface area contributed by atoms with Crippen molar-refractivity contribution in [1.82, 2.24) is 4.98 Å². The van der Waals surface area contributed by atoms with Crippen LogP contribution in [0.2, 0.25) is 0 Å². The lowest BCUT2D eigenvalue weighted by Crippen LogP contribution is -2.30. The number of aromatic nitrogens is 1. The third kappa shape index (κ3) is 3.04. The number of carbonyl (C=O) groups is 1. The number of non-ortho nitro benzene ring substituents is 1. The summed E-state index contributed by atoms with van der Waals surface area (Å²) in [6.07, 6.45) is 0.889. The Kier molecular flexibility index (Phi) is 4.02. The molecular formula is C14H12N4O4S. The Morgan fingerprint density at radius 2 is 2.30 bits per heavy atom. The molecule has 1 aliphatic heterocycles. The second-order valence-corrected chi connectivity index (χ2v) is 5.81. The zero-order valence-electron chi connectivity index (χ0n) is 12.0. The first kappa shape index (κ1) is 15.1. The summed E-state index contributed by atoms with van der Waals surface area (Å²) in [4.78, 5) is 32.2. The molecule has 8 nitrogen and oxygen atoms in total. The van der Waals surface area contributed by atoms with Crippen molar-refractivity contribution in [2.45, 2.75) is 13.0 Å². The van der Waals surface area contributed by atoms with E-state index in [9.17, 15) is 14.9 Å². The van der Waals surface area contributed by atoms with Gasteiger partial charge in [-0.3, -0.25) is 14.9 Å². The minimum absolute atomic E-state index is 0.0604. The molecule has 0 saturated heterocycles. The summed E-state index contributed by atoms with van der Waals surface area (Å²) in [5, 5.41) is 19.7. The standard InChI is InChI=1S/C14H12N4O4S/c1-8-11(13(19)16-14-15-5-6-23-14)12(22-17-8)9-3-2-4-10(7-9)18(20)21/h2-7,11-12H,1H3,(H,15,16,19)/t11-,12-/m0/s1. The Labute approximate surface area is 134 Å². The zero-order valence-corrected chi connectivity index (χ0v) is 12.8. The summed E-state index contributed by atoms with van der Waals surface area (Å²) in [5.41, 5.74) is 0.976. The Morgan fingerprint density at radius 3 is 3.00 bits per heavy atom. The number of oxime groups is 1. The van der Waals surface area contributed by atoms with Gasteiger partial charge in [0.2, 0.25) is 5.91 Å². The highest BCUT2D eigenvalue weighted by atomic mass is 32.1. The van der Waals surface area contributed by atoms with Crippen LogP contribution in [0.5, 0.6) is 0 Å². The minimum Gasteiger partial charge on any atom is -0.386 e. The van der Waals surface area contributed by atoms with Crippen molar-refractivity contribution < 1.29 is 14.6 Å². The molecule has 1 aliphatic rings. The highest BCUT2D eigenvalue weighted by Gasteiger charge is 2.39. The van der Waals surface area contributed by atoms with Crippen LogP contribution in [0.25, 0.3) is 0 Å². The number of nitrogens with one attached hydrogen (secondary N) is 1. The van der Waals surface area contributed by atoms with E-state index in [1.807, 2.05) is 0 Å². The van der Waals surface area contributed by atoms with Crippen molar-refractivity contribution in [2.75, 3.05) is 5.32 Å². The van der Waals surface area contributed by atoms with Crippen LogP contribution in [-0.2, 0) is 9.63 Å². The molecule has 0 aliphatic carbocycles. The van der Waals surface area contributed by atoms with Crippen LogP contribution in [0.1, 0.15) is 18.6 Å². The van der Waals surface area contributed by atoms with E-state index in [4.69, 9.17) is 4.84 Å². The van der Waals surface area contributed by atoms with Crippen molar-refractivity contribution >= 4 is 33.8 Å². The number of thiazole rings is 1. The summed E-state index contributed by atoms with van der Waals surface area (Å²) in [5.74, 6) is -0.976. The first-order valence-corrected chi connectivity index (χ1v) is 7.59. The molecule has 1 aromatic carbocycles. The molecule has 23 heavy (non-hydrogen) atoms. The van der Waals surface area contributed by atoms with Crippen LogP contribution in [0.15, 0.2) is 41.0 Å². The van der Waals surface area contributed by atoms with Gasteiger partial charge in [-0.05, 0) is 6.92 Å². The van der Waals surface area contributed by atoms with Crippen LogP contribution in [0.3, 0.4) is 0 Å². The first-order valence-electron chi connectivity index (χ1n) is 6.71. The number of nitrogens with zero attached hydrogens (tertiary/aromatic N) is 3. The lowest BCUT2D eigenvalue weighted by atomic mass is 9.92. The molecule has 0 bridgehead atoms. The first-order chi connectivity index (χ1) is 11.1. The van der Waals surface area contributed by atoms with Crippen molar-refractivity contribution in [1.29, 1.82) is 0 Å². The van der Waals surface area contributed by atoms with Gasteiger partial charge in [-0.15, -0.1) is 11.3 Å². The third-order valence-electron chi connectivity index (χ3n) is 3.42. The number of amides is 1. The highest BCUT2D eigenvalue weighted by Crippen LogP contribution is 2.35. The fourth-order valence-electron chi connectivity index (χ4n) is 2.34. The molecule has 2 atom stereocenters. The van der Waals surface area contributed by atoms with Crippen LogP contribution < -0.4 is 5.32 Å². The number of nitro groups is 1. The van der Waals surface area contributed by atoms with Gasteiger partial charge in [0.05, 0.1) is 10.6 Å². The normalized spacial score (nSPS) is 19.8. The van der Waals surface area contributed by atoms with E-state index in [-0.39, 0.29) is 11.6 Å². The van der Waals surface area contributed by atoms with E-state index in [0.717, 1.165) is 0 Å². The fourth-order valence-corrected chi connectivity index (χ4v) is 2.87. The average Bonchev–Trinajstić information content (AvgIpc) is 3.16. The second-order valence-electron chi connectivity index (χ2n) is 4.91. The van der Waals surface area contributed by atoms with E-state index in [0.29, 0.717) is 16.4 Å². The number of hydrogen-bond acceptors (Lipinski definition) is 7. The van der Waals surface area contributed by atoms with Crippen molar-refractivity contribution in [3.8, 4) is 0 Å². The largest absolute Gasteiger partial charge is 0.386 e. The molecule has 3 rings (SSSR count). The van der Waals surface area contributed by atoms with Gasteiger partial charge in [-0.25, -0.2) is 4.98 Å². The number of rotatable bonds is 4. The molecule has 1 amide bonds. The molecule has 9 heteroatoms. The minimum atomic E-state index is -0.699. The van der Waals surface area contributed by atoms with Gasteiger partial charge >= 0.3 is 0 Å². The average molecular weight is 332 g/mol. The maximum Gasteiger partial charge on any atom is 0.269 e. The number of benzene rings is 1. The number of anilines is 1. The maximum absolute atomic E-state index is 12.5. The summed E-state index contributed by atoms with van der Waals surface area (Å²) in [6, 6.07) is 6.01. The molecule has 2 heterocycles. The smallest absolute Gasteiger partial charge is 0.269 e. The molecule has 0 spiro atoms. The van der Waals surface area contributed by atoms with Gasteiger partial charge in [-0.1, -0.05) is 17.3 Å². The van der Waals surface area contributed by atoms with Crippen LogP contribution in [0.4, 0.5) is 10.8 Å². The Balaban J connectivity index is 1.85. The summed E-state index contributed by atoms with van der Waals surface area (Å²) in [6.45, 7) is 1.68. The van der Waals surface area contributed by atoms with Crippen LogP contribution in [-0.4, -0.2) is 21.5 Å². The quantitative estimate of drug-likeness (QED) is 0.684. The molecule has 0 radical (unpaired) electrons. The van der Waals surface area contributed by atoms with E-state index in [1.54, 1.807) is 30.6 Å². The Bertz CT molecular complexity index is 775. The van der Waals surface area contributed by atoms with Gasteiger partial charge in [-0.2, -0.15) is 0 Å². The van der Waals surface area contributed by atoms with Crippen LogP contribution in [0, 0.1) is 16.0 Å².